The monoisotopic (exact) mass is 317 g/mol. The van der Waals surface area contributed by atoms with Crippen molar-refractivity contribution in [2.75, 3.05) is 18.2 Å². The third-order valence-electron chi connectivity index (χ3n) is 3.42. The van der Waals surface area contributed by atoms with Crippen LogP contribution in [0.3, 0.4) is 0 Å². The number of sulfone groups is 1. The minimum atomic E-state index is -3.46. The van der Waals surface area contributed by atoms with Crippen molar-refractivity contribution < 1.29 is 13.2 Å². The van der Waals surface area contributed by atoms with Gasteiger partial charge in [0.15, 0.2) is 9.84 Å². The third kappa shape index (κ3) is 3.36. The Morgan fingerprint density at radius 2 is 1.55 bits per heavy atom. The summed E-state index contributed by atoms with van der Waals surface area (Å²) in [5.41, 5.74) is 3.02. The quantitative estimate of drug-likeness (QED) is 0.874. The number of hydrogen-bond donors (Lipinski definition) is 0. The molecule has 0 aliphatic rings. The van der Waals surface area contributed by atoms with Crippen LogP contribution in [0.2, 0.25) is 0 Å². The number of nitrogens with zero attached hydrogens (tertiary/aromatic N) is 1. The van der Waals surface area contributed by atoms with Crippen LogP contribution < -0.4 is 4.90 Å². The van der Waals surface area contributed by atoms with E-state index in [0.29, 0.717) is 0 Å². The molecular weight excluding hydrogens is 298 g/mol. The molecule has 2 aromatic rings. The summed E-state index contributed by atoms with van der Waals surface area (Å²) in [5.74, 6) is -0.342. The summed E-state index contributed by atoms with van der Waals surface area (Å²) in [4.78, 5) is 14.2. The number of aryl methyl sites for hydroxylation is 2. The Kier molecular flexibility index (Phi) is 4.37. The molecule has 0 aliphatic heterocycles. The smallest absolute Gasteiger partial charge is 0.259 e. The van der Waals surface area contributed by atoms with Crippen molar-refractivity contribution in [2.45, 2.75) is 18.7 Å². The van der Waals surface area contributed by atoms with Crippen molar-refractivity contribution in [3.05, 3.63) is 59.2 Å². The van der Waals surface area contributed by atoms with Gasteiger partial charge in [0.1, 0.15) is 0 Å². The zero-order valence-corrected chi connectivity index (χ0v) is 13.9. The predicted octanol–water partition coefficient (Wildman–Crippen LogP) is 2.98. The first-order valence-corrected chi connectivity index (χ1v) is 8.75. The molecule has 0 heterocycles. The maximum Gasteiger partial charge on any atom is 0.259 e. The highest BCUT2D eigenvalue weighted by molar-refractivity contribution is 7.90. The fourth-order valence-electron chi connectivity index (χ4n) is 2.41. The SMILES string of the molecule is Cc1cc(C)cc(N(C)C(=O)c2ccccc2S(C)(=O)=O)c1. The van der Waals surface area contributed by atoms with E-state index in [-0.39, 0.29) is 16.4 Å². The van der Waals surface area contributed by atoms with E-state index in [2.05, 4.69) is 0 Å². The molecule has 0 aromatic heterocycles. The second kappa shape index (κ2) is 5.93. The molecule has 2 aromatic carbocycles. The van der Waals surface area contributed by atoms with Gasteiger partial charge in [-0.2, -0.15) is 0 Å². The van der Waals surface area contributed by atoms with Gasteiger partial charge in [0.05, 0.1) is 10.5 Å². The second-order valence-electron chi connectivity index (χ2n) is 5.48. The molecule has 1 amide bonds. The lowest BCUT2D eigenvalue weighted by Gasteiger charge is -2.20. The third-order valence-corrected chi connectivity index (χ3v) is 4.57. The largest absolute Gasteiger partial charge is 0.311 e. The highest BCUT2D eigenvalue weighted by Crippen LogP contribution is 2.22. The van der Waals surface area contributed by atoms with Gasteiger partial charge in [-0.1, -0.05) is 18.2 Å². The maximum atomic E-state index is 12.7. The lowest BCUT2D eigenvalue weighted by Crippen LogP contribution is -2.27. The van der Waals surface area contributed by atoms with E-state index >= 15 is 0 Å². The van der Waals surface area contributed by atoms with Crippen LogP contribution in [0.25, 0.3) is 0 Å². The topological polar surface area (TPSA) is 54.5 Å². The number of amides is 1. The molecule has 0 N–H and O–H groups in total. The molecule has 0 saturated carbocycles. The molecule has 22 heavy (non-hydrogen) atoms. The second-order valence-corrected chi connectivity index (χ2v) is 7.46. The summed E-state index contributed by atoms with van der Waals surface area (Å²) in [6, 6.07) is 12.1. The lowest BCUT2D eigenvalue weighted by molar-refractivity contribution is 0.0990. The van der Waals surface area contributed by atoms with E-state index in [9.17, 15) is 13.2 Å². The Hall–Kier alpha value is -2.14. The minimum absolute atomic E-state index is 0.0521. The molecule has 116 valence electrons. The van der Waals surface area contributed by atoms with Gasteiger partial charge >= 0.3 is 0 Å². The van der Waals surface area contributed by atoms with Crippen molar-refractivity contribution >= 4 is 21.4 Å². The summed E-state index contributed by atoms with van der Waals surface area (Å²) >= 11 is 0. The molecule has 0 unspecified atom stereocenters. The summed E-state index contributed by atoms with van der Waals surface area (Å²) in [6.45, 7) is 3.92. The van der Waals surface area contributed by atoms with E-state index in [1.807, 2.05) is 32.0 Å². The van der Waals surface area contributed by atoms with Crippen molar-refractivity contribution in [1.29, 1.82) is 0 Å². The van der Waals surface area contributed by atoms with E-state index in [4.69, 9.17) is 0 Å². The van der Waals surface area contributed by atoms with Crippen molar-refractivity contribution in [3.8, 4) is 0 Å². The van der Waals surface area contributed by atoms with Crippen LogP contribution in [-0.2, 0) is 9.84 Å². The summed E-state index contributed by atoms with van der Waals surface area (Å²) < 4.78 is 23.7. The Balaban J connectivity index is 2.48. The van der Waals surface area contributed by atoms with Crippen LogP contribution >= 0.6 is 0 Å². The van der Waals surface area contributed by atoms with Gasteiger partial charge in [-0.25, -0.2) is 8.42 Å². The van der Waals surface area contributed by atoms with Gasteiger partial charge in [0, 0.05) is 19.0 Å². The molecule has 2 rings (SSSR count). The Morgan fingerprint density at radius 1 is 1.00 bits per heavy atom. The van der Waals surface area contributed by atoms with Crippen LogP contribution in [0.1, 0.15) is 21.5 Å². The van der Waals surface area contributed by atoms with Crippen LogP contribution in [0.4, 0.5) is 5.69 Å². The Morgan fingerprint density at radius 3 is 2.09 bits per heavy atom. The Bertz CT molecular complexity index is 805. The summed E-state index contributed by atoms with van der Waals surface area (Å²) in [7, 11) is -1.81. The number of benzene rings is 2. The van der Waals surface area contributed by atoms with Gasteiger partial charge in [0.2, 0.25) is 0 Å². The van der Waals surface area contributed by atoms with Gasteiger partial charge < -0.3 is 4.90 Å². The van der Waals surface area contributed by atoms with Gasteiger partial charge in [0.25, 0.3) is 5.91 Å². The van der Waals surface area contributed by atoms with Gasteiger partial charge in [-0.3, -0.25) is 4.79 Å². The van der Waals surface area contributed by atoms with Gasteiger partial charge in [-0.15, -0.1) is 0 Å². The van der Waals surface area contributed by atoms with Crippen molar-refractivity contribution in [1.82, 2.24) is 0 Å². The number of anilines is 1. The molecule has 0 saturated heterocycles. The van der Waals surface area contributed by atoms with Gasteiger partial charge in [-0.05, 0) is 49.2 Å². The van der Waals surface area contributed by atoms with Crippen LogP contribution in [-0.4, -0.2) is 27.6 Å². The average molecular weight is 317 g/mol. The highest BCUT2D eigenvalue weighted by atomic mass is 32.2. The zero-order valence-electron chi connectivity index (χ0n) is 13.1. The molecule has 0 fully saturated rings. The average Bonchev–Trinajstić information content (AvgIpc) is 2.43. The first-order chi connectivity index (χ1) is 10.2. The molecule has 5 heteroatoms. The molecular formula is C17H19NO3S. The van der Waals surface area contributed by atoms with Crippen LogP contribution in [0.15, 0.2) is 47.4 Å². The molecule has 4 nitrogen and oxygen atoms in total. The van der Waals surface area contributed by atoms with Crippen molar-refractivity contribution in [2.24, 2.45) is 0 Å². The predicted molar refractivity (Wildman–Crippen MR) is 88.2 cm³/mol. The van der Waals surface area contributed by atoms with Crippen molar-refractivity contribution in [3.63, 3.8) is 0 Å². The molecule has 0 aliphatic carbocycles. The minimum Gasteiger partial charge on any atom is -0.311 e. The molecule has 0 bridgehead atoms. The number of carbonyl (C=O) groups is 1. The number of rotatable bonds is 3. The summed E-state index contributed by atoms with van der Waals surface area (Å²) in [5, 5.41) is 0. The fourth-order valence-corrected chi connectivity index (χ4v) is 3.29. The van der Waals surface area contributed by atoms with E-state index in [1.54, 1.807) is 19.2 Å². The van der Waals surface area contributed by atoms with E-state index in [1.165, 1.54) is 17.0 Å². The normalized spacial score (nSPS) is 11.3. The maximum absolute atomic E-state index is 12.7. The first kappa shape index (κ1) is 16.2. The van der Waals surface area contributed by atoms with Crippen LogP contribution in [0.5, 0.6) is 0 Å². The lowest BCUT2D eigenvalue weighted by atomic mass is 10.1. The van der Waals surface area contributed by atoms with E-state index < -0.39 is 9.84 Å². The fraction of sp³-hybridized carbons (Fsp3) is 0.235. The van der Waals surface area contributed by atoms with Crippen LogP contribution in [0, 0.1) is 13.8 Å². The zero-order chi connectivity index (χ0) is 16.5. The molecule has 0 spiro atoms. The summed E-state index contributed by atoms with van der Waals surface area (Å²) in [6.07, 6.45) is 1.11. The first-order valence-electron chi connectivity index (χ1n) is 6.85. The number of carbonyl (C=O) groups excluding carboxylic acids is 1. The highest BCUT2D eigenvalue weighted by Gasteiger charge is 2.21. The number of hydrogen-bond acceptors (Lipinski definition) is 3. The van der Waals surface area contributed by atoms with E-state index in [0.717, 1.165) is 23.1 Å². The Labute approximate surface area is 131 Å². The molecule has 0 radical (unpaired) electrons. The standard InChI is InChI=1S/C17H19NO3S/c1-12-9-13(2)11-14(10-12)18(3)17(19)15-7-5-6-8-16(15)22(4,20)21/h5-11H,1-4H3. The molecule has 0 atom stereocenters.